The fraction of sp³-hybridized carbons (Fsp3) is 0.571. The Morgan fingerprint density at radius 2 is 2.10 bits per heavy atom. The van der Waals surface area contributed by atoms with E-state index in [2.05, 4.69) is 20.0 Å². The Balaban J connectivity index is 1.60. The van der Waals surface area contributed by atoms with Crippen LogP contribution in [-0.2, 0) is 17.8 Å². The van der Waals surface area contributed by atoms with Gasteiger partial charge in [0.2, 0.25) is 0 Å². The Morgan fingerprint density at radius 3 is 2.79 bits per heavy atom. The SMILES string of the molecule is COc1cccc(CN(C)Cc2cc(C)[nH]n2)c1OC[C@H](O)CN1CCOCC1. The van der Waals surface area contributed by atoms with E-state index in [1.165, 1.54) is 0 Å². The molecule has 1 aromatic heterocycles. The van der Waals surface area contributed by atoms with Crippen LogP contribution in [0.2, 0.25) is 0 Å². The van der Waals surface area contributed by atoms with Gasteiger partial charge in [-0.25, -0.2) is 0 Å². The second-order valence-corrected chi connectivity index (χ2v) is 7.54. The van der Waals surface area contributed by atoms with Gasteiger partial charge in [-0.15, -0.1) is 0 Å². The number of ether oxygens (including phenoxy) is 3. The summed E-state index contributed by atoms with van der Waals surface area (Å²) in [7, 11) is 3.67. The zero-order valence-corrected chi connectivity index (χ0v) is 17.6. The van der Waals surface area contributed by atoms with Crippen molar-refractivity contribution >= 4 is 0 Å². The molecule has 8 heteroatoms. The van der Waals surface area contributed by atoms with Gasteiger partial charge in [-0.05, 0) is 26.1 Å². The van der Waals surface area contributed by atoms with Gasteiger partial charge in [0.15, 0.2) is 11.5 Å². The standard InChI is InChI=1S/C21H32N4O4/c1-16-11-18(23-22-16)13-24(2)12-17-5-4-6-20(27-3)21(17)29-15-19(26)14-25-7-9-28-10-8-25/h4-6,11,19,26H,7-10,12-15H2,1-3H3,(H,22,23)/t19-/m1/s1. The number of hydrogen-bond donors (Lipinski definition) is 2. The molecule has 1 atom stereocenters. The maximum atomic E-state index is 10.4. The molecular formula is C21H32N4O4. The Hall–Kier alpha value is -2.13. The molecule has 3 rings (SSSR count). The minimum atomic E-state index is -0.573. The van der Waals surface area contributed by atoms with E-state index in [1.807, 2.05) is 38.2 Å². The number of hydrogen-bond acceptors (Lipinski definition) is 7. The Bertz CT molecular complexity index is 761. The molecule has 1 fully saturated rings. The van der Waals surface area contributed by atoms with E-state index in [4.69, 9.17) is 14.2 Å². The number of para-hydroxylation sites is 1. The van der Waals surface area contributed by atoms with Gasteiger partial charge < -0.3 is 19.3 Å². The number of morpholine rings is 1. The van der Waals surface area contributed by atoms with Gasteiger partial charge in [-0.3, -0.25) is 14.9 Å². The molecular weight excluding hydrogens is 372 g/mol. The summed E-state index contributed by atoms with van der Waals surface area (Å²) in [6.45, 7) is 7.30. The molecule has 1 saturated heterocycles. The largest absolute Gasteiger partial charge is 0.493 e. The first-order valence-electron chi connectivity index (χ1n) is 10.0. The third kappa shape index (κ3) is 6.43. The number of methoxy groups -OCH3 is 1. The first-order valence-corrected chi connectivity index (χ1v) is 10.0. The van der Waals surface area contributed by atoms with Crippen molar-refractivity contribution in [2.75, 3.05) is 53.6 Å². The van der Waals surface area contributed by atoms with Crippen molar-refractivity contribution in [1.82, 2.24) is 20.0 Å². The van der Waals surface area contributed by atoms with E-state index in [0.717, 1.165) is 36.6 Å². The van der Waals surface area contributed by atoms with Crippen LogP contribution in [0.4, 0.5) is 0 Å². The van der Waals surface area contributed by atoms with E-state index < -0.39 is 6.10 Å². The van der Waals surface area contributed by atoms with Gasteiger partial charge in [0, 0.05) is 44.0 Å². The summed E-state index contributed by atoms with van der Waals surface area (Å²) in [5, 5.41) is 17.7. The van der Waals surface area contributed by atoms with Crippen LogP contribution >= 0.6 is 0 Å². The van der Waals surface area contributed by atoms with Crippen LogP contribution in [0.1, 0.15) is 17.0 Å². The summed E-state index contributed by atoms with van der Waals surface area (Å²) in [5.41, 5.74) is 3.06. The number of nitrogens with one attached hydrogen (secondary N) is 1. The minimum Gasteiger partial charge on any atom is -0.493 e. The number of aryl methyl sites for hydroxylation is 1. The maximum Gasteiger partial charge on any atom is 0.165 e. The lowest BCUT2D eigenvalue weighted by Gasteiger charge is -2.28. The van der Waals surface area contributed by atoms with Crippen LogP contribution in [-0.4, -0.2) is 84.8 Å². The average molecular weight is 405 g/mol. The van der Waals surface area contributed by atoms with Crippen LogP contribution < -0.4 is 9.47 Å². The highest BCUT2D eigenvalue weighted by Crippen LogP contribution is 2.32. The first-order chi connectivity index (χ1) is 14.0. The first kappa shape index (κ1) is 21.6. The van der Waals surface area contributed by atoms with Gasteiger partial charge in [0.05, 0.1) is 26.0 Å². The van der Waals surface area contributed by atoms with Gasteiger partial charge in [0.1, 0.15) is 12.7 Å². The normalized spacial score (nSPS) is 16.2. The molecule has 2 aromatic rings. The molecule has 0 spiro atoms. The summed E-state index contributed by atoms with van der Waals surface area (Å²) in [4.78, 5) is 4.36. The topological polar surface area (TPSA) is 83.1 Å². The lowest BCUT2D eigenvalue weighted by molar-refractivity contribution is 0.00431. The quantitative estimate of drug-likeness (QED) is 0.620. The number of aliphatic hydroxyl groups is 1. The number of aliphatic hydroxyl groups excluding tert-OH is 1. The molecule has 1 aliphatic heterocycles. The van der Waals surface area contributed by atoms with Crippen molar-refractivity contribution in [3.8, 4) is 11.5 Å². The highest BCUT2D eigenvalue weighted by atomic mass is 16.5. The Kier molecular flexibility index (Phi) is 7.88. The summed E-state index contributed by atoms with van der Waals surface area (Å²) < 4.78 is 16.9. The third-order valence-corrected chi connectivity index (χ3v) is 4.90. The summed E-state index contributed by atoms with van der Waals surface area (Å²) >= 11 is 0. The van der Waals surface area contributed by atoms with Gasteiger partial charge in [-0.1, -0.05) is 12.1 Å². The average Bonchev–Trinajstić information content (AvgIpc) is 3.12. The number of rotatable bonds is 10. The van der Waals surface area contributed by atoms with Crippen molar-refractivity contribution in [3.05, 3.63) is 41.2 Å². The van der Waals surface area contributed by atoms with E-state index in [0.29, 0.717) is 37.8 Å². The number of benzene rings is 1. The molecule has 160 valence electrons. The highest BCUT2D eigenvalue weighted by Gasteiger charge is 2.18. The molecule has 0 amide bonds. The van der Waals surface area contributed by atoms with Crippen LogP contribution in [0.5, 0.6) is 11.5 Å². The van der Waals surface area contributed by atoms with Gasteiger partial charge >= 0.3 is 0 Å². The van der Waals surface area contributed by atoms with Crippen molar-refractivity contribution in [3.63, 3.8) is 0 Å². The van der Waals surface area contributed by atoms with Crippen LogP contribution in [0.15, 0.2) is 24.3 Å². The molecule has 1 aliphatic rings. The molecule has 1 aromatic carbocycles. The zero-order valence-electron chi connectivity index (χ0n) is 17.6. The second kappa shape index (κ2) is 10.6. The van der Waals surface area contributed by atoms with Crippen molar-refractivity contribution in [2.45, 2.75) is 26.1 Å². The fourth-order valence-corrected chi connectivity index (χ4v) is 3.50. The lowest BCUT2D eigenvalue weighted by Crippen LogP contribution is -2.42. The molecule has 0 aliphatic carbocycles. The fourth-order valence-electron chi connectivity index (χ4n) is 3.50. The number of aromatic amines is 1. The zero-order chi connectivity index (χ0) is 20.6. The molecule has 29 heavy (non-hydrogen) atoms. The van der Waals surface area contributed by atoms with Crippen molar-refractivity contribution in [1.29, 1.82) is 0 Å². The van der Waals surface area contributed by atoms with Crippen LogP contribution in [0.3, 0.4) is 0 Å². The highest BCUT2D eigenvalue weighted by molar-refractivity contribution is 5.46. The molecule has 2 N–H and O–H groups in total. The van der Waals surface area contributed by atoms with Gasteiger partial charge in [-0.2, -0.15) is 5.10 Å². The summed E-state index contributed by atoms with van der Waals surface area (Å²) in [5.74, 6) is 1.35. The van der Waals surface area contributed by atoms with Crippen LogP contribution in [0.25, 0.3) is 0 Å². The molecule has 2 heterocycles. The third-order valence-electron chi connectivity index (χ3n) is 4.90. The predicted molar refractivity (Wildman–Crippen MR) is 110 cm³/mol. The van der Waals surface area contributed by atoms with Gasteiger partial charge in [0.25, 0.3) is 0 Å². The number of nitrogens with zero attached hydrogens (tertiary/aromatic N) is 3. The monoisotopic (exact) mass is 404 g/mol. The van der Waals surface area contributed by atoms with E-state index >= 15 is 0 Å². The number of β-amino-alcohol motifs (C(OH)–C–C–N with tert-alkyl or cyclic N) is 1. The van der Waals surface area contributed by atoms with Crippen molar-refractivity contribution < 1.29 is 19.3 Å². The molecule has 0 bridgehead atoms. The minimum absolute atomic E-state index is 0.215. The second-order valence-electron chi connectivity index (χ2n) is 7.54. The molecule has 0 radical (unpaired) electrons. The van der Waals surface area contributed by atoms with Crippen molar-refractivity contribution in [2.24, 2.45) is 0 Å². The van der Waals surface area contributed by atoms with E-state index in [-0.39, 0.29) is 6.61 Å². The number of aromatic nitrogens is 2. The smallest absolute Gasteiger partial charge is 0.165 e. The molecule has 0 unspecified atom stereocenters. The summed E-state index contributed by atoms with van der Waals surface area (Å²) in [6.07, 6.45) is -0.573. The lowest BCUT2D eigenvalue weighted by atomic mass is 10.1. The van der Waals surface area contributed by atoms with Crippen LogP contribution in [0, 0.1) is 6.92 Å². The Morgan fingerprint density at radius 1 is 1.31 bits per heavy atom. The Labute approximate surface area is 172 Å². The number of H-pyrrole nitrogens is 1. The maximum absolute atomic E-state index is 10.4. The predicted octanol–water partition coefficient (Wildman–Crippen LogP) is 1.43. The van der Waals surface area contributed by atoms with E-state index in [1.54, 1.807) is 7.11 Å². The van der Waals surface area contributed by atoms with E-state index in [9.17, 15) is 5.11 Å². The molecule has 8 nitrogen and oxygen atoms in total. The molecule has 0 saturated carbocycles. The summed E-state index contributed by atoms with van der Waals surface area (Å²) in [6, 6.07) is 7.90.